The summed E-state index contributed by atoms with van der Waals surface area (Å²) in [6.45, 7) is 4.69. The third-order valence-corrected chi connectivity index (χ3v) is 4.28. The molecule has 0 fully saturated rings. The molecule has 0 saturated heterocycles. The largest absolute Gasteiger partial charge is 0.493 e. The van der Waals surface area contributed by atoms with E-state index in [1.807, 2.05) is 80.6 Å². The van der Waals surface area contributed by atoms with E-state index in [1.54, 1.807) is 0 Å². The van der Waals surface area contributed by atoms with Crippen molar-refractivity contribution in [1.29, 1.82) is 0 Å². The second-order valence-corrected chi connectivity index (χ2v) is 7.21. The molecule has 0 radical (unpaired) electrons. The number of rotatable bonds is 10. The first kappa shape index (κ1) is 21.2. The van der Waals surface area contributed by atoms with E-state index in [0.717, 1.165) is 23.6 Å². The molecular weight excluding hydrogens is 376 g/mol. The van der Waals surface area contributed by atoms with E-state index in [2.05, 4.69) is 22.8 Å². The predicted molar refractivity (Wildman–Crippen MR) is 121 cm³/mol. The Labute approximate surface area is 178 Å². The fraction of sp³-hybridized carbons (Fsp3) is 0.240. The molecule has 0 heterocycles. The predicted octanol–water partition coefficient (Wildman–Crippen LogP) is 5.15. The Balaban J connectivity index is 1.46. The van der Waals surface area contributed by atoms with E-state index < -0.39 is 0 Å². The first-order valence-electron chi connectivity index (χ1n) is 10.2. The van der Waals surface area contributed by atoms with Crippen LogP contribution >= 0.6 is 0 Å². The lowest BCUT2D eigenvalue weighted by Crippen LogP contribution is -2.21. The van der Waals surface area contributed by atoms with Crippen LogP contribution in [-0.4, -0.2) is 25.2 Å². The van der Waals surface area contributed by atoms with Crippen LogP contribution in [0.15, 0.2) is 78.9 Å². The summed E-state index contributed by atoms with van der Waals surface area (Å²) in [5.74, 6) is 1.37. The molecule has 0 bridgehead atoms. The van der Waals surface area contributed by atoms with Gasteiger partial charge in [-0.3, -0.25) is 4.79 Å². The lowest BCUT2D eigenvalue weighted by atomic mass is 10.2. The average molecular weight is 405 g/mol. The molecular formula is C25H28N2O3. The summed E-state index contributed by atoms with van der Waals surface area (Å²) in [5, 5.41) is 6.02. The molecule has 156 valence electrons. The van der Waals surface area contributed by atoms with Crippen LogP contribution in [0.3, 0.4) is 0 Å². The molecule has 30 heavy (non-hydrogen) atoms. The smallest absolute Gasteiger partial charge is 0.243 e. The van der Waals surface area contributed by atoms with E-state index in [0.29, 0.717) is 12.3 Å². The van der Waals surface area contributed by atoms with Gasteiger partial charge in [-0.25, -0.2) is 0 Å². The van der Waals surface area contributed by atoms with Crippen molar-refractivity contribution >= 4 is 17.3 Å². The van der Waals surface area contributed by atoms with Crippen LogP contribution in [0.5, 0.6) is 11.5 Å². The maximum Gasteiger partial charge on any atom is 0.243 e. The van der Waals surface area contributed by atoms with Gasteiger partial charge in [-0.05, 0) is 43.7 Å². The Morgan fingerprint density at radius 3 is 2.33 bits per heavy atom. The first-order valence-corrected chi connectivity index (χ1v) is 10.2. The van der Waals surface area contributed by atoms with Gasteiger partial charge in [0.15, 0.2) is 0 Å². The van der Waals surface area contributed by atoms with Gasteiger partial charge in [0, 0.05) is 29.9 Å². The van der Waals surface area contributed by atoms with Gasteiger partial charge in [0.1, 0.15) is 11.5 Å². The number of amides is 1. The standard InChI is InChI=1S/C25H28N2O3/c1-19(2)30-24-13-7-11-22(17-24)27-25(28)18-26-21-10-6-12-23(16-21)29-15-14-20-8-4-3-5-9-20/h3-13,16-17,19,26H,14-15,18H2,1-2H3,(H,27,28). The van der Waals surface area contributed by atoms with Gasteiger partial charge in [-0.1, -0.05) is 42.5 Å². The Kier molecular flexibility index (Phi) is 7.72. The van der Waals surface area contributed by atoms with E-state index in [4.69, 9.17) is 9.47 Å². The van der Waals surface area contributed by atoms with Crippen molar-refractivity contribution in [2.75, 3.05) is 23.8 Å². The summed E-state index contributed by atoms with van der Waals surface area (Å²) in [6.07, 6.45) is 0.931. The summed E-state index contributed by atoms with van der Waals surface area (Å²) in [4.78, 5) is 12.3. The van der Waals surface area contributed by atoms with Crippen LogP contribution < -0.4 is 20.1 Å². The molecule has 0 saturated carbocycles. The Hall–Kier alpha value is -3.47. The monoisotopic (exact) mass is 404 g/mol. The zero-order valence-electron chi connectivity index (χ0n) is 17.4. The number of nitrogens with one attached hydrogen (secondary N) is 2. The molecule has 5 nitrogen and oxygen atoms in total. The van der Waals surface area contributed by atoms with E-state index >= 15 is 0 Å². The molecule has 0 aliphatic rings. The number of ether oxygens (including phenoxy) is 2. The molecule has 5 heteroatoms. The number of carbonyl (C=O) groups excluding carboxylic acids is 1. The Morgan fingerprint density at radius 1 is 0.867 bits per heavy atom. The topological polar surface area (TPSA) is 59.6 Å². The molecule has 3 rings (SSSR count). The highest BCUT2D eigenvalue weighted by molar-refractivity contribution is 5.93. The average Bonchev–Trinajstić information content (AvgIpc) is 2.73. The number of carbonyl (C=O) groups is 1. The molecule has 0 atom stereocenters. The fourth-order valence-electron chi connectivity index (χ4n) is 2.93. The quantitative estimate of drug-likeness (QED) is 0.491. The van der Waals surface area contributed by atoms with Crippen molar-refractivity contribution < 1.29 is 14.3 Å². The van der Waals surface area contributed by atoms with Gasteiger partial charge in [0.25, 0.3) is 0 Å². The number of anilines is 2. The van der Waals surface area contributed by atoms with Gasteiger partial charge in [-0.15, -0.1) is 0 Å². The molecule has 0 unspecified atom stereocenters. The normalized spacial score (nSPS) is 10.5. The molecule has 2 N–H and O–H groups in total. The number of hydrogen-bond donors (Lipinski definition) is 2. The maximum absolute atomic E-state index is 12.3. The van der Waals surface area contributed by atoms with Crippen molar-refractivity contribution in [3.8, 4) is 11.5 Å². The lowest BCUT2D eigenvalue weighted by molar-refractivity contribution is -0.114. The van der Waals surface area contributed by atoms with Crippen LogP contribution in [0.25, 0.3) is 0 Å². The Morgan fingerprint density at radius 2 is 1.57 bits per heavy atom. The number of benzene rings is 3. The molecule has 0 aliphatic carbocycles. The molecule has 0 aromatic heterocycles. The minimum Gasteiger partial charge on any atom is -0.493 e. The van der Waals surface area contributed by atoms with Crippen molar-refractivity contribution in [2.45, 2.75) is 26.4 Å². The van der Waals surface area contributed by atoms with Crippen molar-refractivity contribution in [3.05, 3.63) is 84.4 Å². The van der Waals surface area contributed by atoms with E-state index in [9.17, 15) is 4.79 Å². The minimum absolute atomic E-state index is 0.0832. The highest BCUT2D eigenvalue weighted by atomic mass is 16.5. The molecule has 1 amide bonds. The number of hydrogen-bond acceptors (Lipinski definition) is 4. The fourth-order valence-corrected chi connectivity index (χ4v) is 2.93. The summed E-state index contributed by atoms with van der Waals surface area (Å²) in [6, 6.07) is 25.3. The summed E-state index contributed by atoms with van der Waals surface area (Å²) < 4.78 is 11.5. The highest BCUT2D eigenvalue weighted by Crippen LogP contribution is 2.19. The maximum atomic E-state index is 12.3. The van der Waals surface area contributed by atoms with Gasteiger partial charge >= 0.3 is 0 Å². The van der Waals surface area contributed by atoms with Gasteiger partial charge in [0.05, 0.1) is 19.3 Å². The highest BCUT2D eigenvalue weighted by Gasteiger charge is 2.05. The third kappa shape index (κ3) is 7.17. The zero-order chi connectivity index (χ0) is 21.2. The molecule has 3 aromatic carbocycles. The second-order valence-electron chi connectivity index (χ2n) is 7.21. The summed E-state index contributed by atoms with van der Waals surface area (Å²) >= 11 is 0. The SMILES string of the molecule is CC(C)Oc1cccc(NC(=O)CNc2cccc(OCCc3ccccc3)c2)c1. The van der Waals surface area contributed by atoms with Crippen LogP contribution in [-0.2, 0) is 11.2 Å². The lowest BCUT2D eigenvalue weighted by Gasteiger charge is -2.12. The summed E-state index contributed by atoms with van der Waals surface area (Å²) in [5.41, 5.74) is 2.78. The van der Waals surface area contributed by atoms with Crippen LogP contribution in [0, 0.1) is 0 Å². The van der Waals surface area contributed by atoms with Crippen molar-refractivity contribution in [3.63, 3.8) is 0 Å². The third-order valence-electron chi connectivity index (χ3n) is 4.28. The Bertz CT molecular complexity index is 942. The van der Waals surface area contributed by atoms with Gasteiger partial charge < -0.3 is 20.1 Å². The van der Waals surface area contributed by atoms with Crippen LogP contribution in [0.1, 0.15) is 19.4 Å². The van der Waals surface area contributed by atoms with Crippen molar-refractivity contribution in [1.82, 2.24) is 0 Å². The van der Waals surface area contributed by atoms with Gasteiger partial charge in [-0.2, -0.15) is 0 Å². The first-order chi connectivity index (χ1) is 14.6. The van der Waals surface area contributed by atoms with Crippen LogP contribution in [0.4, 0.5) is 11.4 Å². The molecule has 0 spiro atoms. The zero-order valence-corrected chi connectivity index (χ0v) is 17.4. The second kappa shape index (κ2) is 10.9. The van der Waals surface area contributed by atoms with E-state index in [-0.39, 0.29) is 18.6 Å². The van der Waals surface area contributed by atoms with E-state index in [1.165, 1.54) is 5.56 Å². The van der Waals surface area contributed by atoms with Crippen molar-refractivity contribution in [2.24, 2.45) is 0 Å². The molecule has 3 aromatic rings. The van der Waals surface area contributed by atoms with Crippen LogP contribution in [0.2, 0.25) is 0 Å². The minimum atomic E-state index is -0.132. The van der Waals surface area contributed by atoms with Gasteiger partial charge in [0.2, 0.25) is 5.91 Å². The summed E-state index contributed by atoms with van der Waals surface area (Å²) in [7, 11) is 0. The molecule has 0 aliphatic heterocycles.